The SMILES string of the molecule is Cc1cc(C)n(-c2ccc(C(=O)OCC(=O)c3ccccc3F)cc2)n1. The second kappa shape index (κ2) is 7.31. The van der Waals surface area contributed by atoms with Crippen molar-refractivity contribution in [1.29, 1.82) is 0 Å². The summed E-state index contributed by atoms with van der Waals surface area (Å²) in [5.41, 5.74) is 2.90. The van der Waals surface area contributed by atoms with Crippen LogP contribution in [0, 0.1) is 19.7 Å². The number of carbonyl (C=O) groups is 2. The number of hydrogen-bond donors (Lipinski definition) is 0. The summed E-state index contributed by atoms with van der Waals surface area (Å²) in [5.74, 6) is -1.87. The number of Topliss-reactive ketones (excluding diaryl/α,β-unsaturated/α-hetero) is 1. The van der Waals surface area contributed by atoms with Crippen molar-refractivity contribution in [2.45, 2.75) is 13.8 Å². The number of ether oxygens (including phenoxy) is 1. The van der Waals surface area contributed by atoms with Crippen LogP contribution in [0.25, 0.3) is 5.69 Å². The standard InChI is InChI=1S/C20H17FN2O3/c1-13-11-14(2)23(22-13)16-9-7-15(8-10-16)20(25)26-12-19(24)17-5-3-4-6-18(17)21/h3-11H,12H2,1-2H3. The van der Waals surface area contributed by atoms with E-state index in [-0.39, 0.29) is 5.56 Å². The normalized spacial score (nSPS) is 10.6. The Kier molecular flexibility index (Phi) is 4.93. The second-order valence-electron chi connectivity index (χ2n) is 5.86. The molecule has 6 heteroatoms. The van der Waals surface area contributed by atoms with E-state index in [1.807, 2.05) is 19.9 Å². The molecule has 0 unspecified atom stereocenters. The van der Waals surface area contributed by atoms with Gasteiger partial charge in [-0.15, -0.1) is 0 Å². The van der Waals surface area contributed by atoms with Crippen molar-refractivity contribution in [3.8, 4) is 5.69 Å². The van der Waals surface area contributed by atoms with Gasteiger partial charge in [-0.1, -0.05) is 12.1 Å². The van der Waals surface area contributed by atoms with Gasteiger partial charge in [0.15, 0.2) is 6.61 Å². The molecule has 26 heavy (non-hydrogen) atoms. The van der Waals surface area contributed by atoms with Gasteiger partial charge in [0.05, 0.1) is 22.5 Å². The summed E-state index contributed by atoms with van der Waals surface area (Å²) in [6.45, 7) is 3.33. The number of aryl methyl sites for hydroxylation is 2. The summed E-state index contributed by atoms with van der Waals surface area (Å²) in [5, 5.41) is 4.38. The molecule has 0 fully saturated rings. The highest BCUT2D eigenvalue weighted by Crippen LogP contribution is 2.14. The molecule has 3 aromatic rings. The van der Waals surface area contributed by atoms with Crippen LogP contribution in [0.3, 0.4) is 0 Å². The minimum atomic E-state index is -0.644. The molecule has 0 bridgehead atoms. The minimum Gasteiger partial charge on any atom is -0.454 e. The highest BCUT2D eigenvalue weighted by atomic mass is 19.1. The van der Waals surface area contributed by atoms with E-state index in [4.69, 9.17) is 4.74 Å². The van der Waals surface area contributed by atoms with E-state index in [1.54, 1.807) is 35.0 Å². The van der Waals surface area contributed by atoms with E-state index in [1.165, 1.54) is 18.2 Å². The van der Waals surface area contributed by atoms with Crippen LogP contribution in [0.1, 0.15) is 32.1 Å². The van der Waals surface area contributed by atoms with Crippen molar-refractivity contribution in [2.75, 3.05) is 6.61 Å². The monoisotopic (exact) mass is 352 g/mol. The Bertz CT molecular complexity index is 961. The van der Waals surface area contributed by atoms with E-state index in [2.05, 4.69) is 5.10 Å². The quantitative estimate of drug-likeness (QED) is 0.519. The molecular weight excluding hydrogens is 335 g/mol. The molecule has 1 aromatic heterocycles. The van der Waals surface area contributed by atoms with Crippen molar-refractivity contribution in [3.63, 3.8) is 0 Å². The van der Waals surface area contributed by atoms with Gasteiger partial charge in [0.1, 0.15) is 5.82 Å². The Morgan fingerprint density at radius 2 is 1.77 bits per heavy atom. The van der Waals surface area contributed by atoms with Gasteiger partial charge in [0.2, 0.25) is 5.78 Å². The zero-order chi connectivity index (χ0) is 18.7. The fraction of sp³-hybridized carbons (Fsp3) is 0.150. The molecule has 0 spiro atoms. The van der Waals surface area contributed by atoms with Crippen LogP contribution >= 0.6 is 0 Å². The fourth-order valence-electron chi connectivity index (χ4n) is 2.61. The summed E-state index contributed by atoms with van der Waals surface area (Å²) in [6, 6.07) is 14.2. The Labute approximate surface area is 150 Å². The number of nitrogens with zero attached hydrogens (tertiary/aromatic N) is 2. The van der Waals surface area contributed by atoms with Gasteiger partial charge < -0.3 is 4.74 Å². The predicted octanol–water partition coefficient (Wildman–Crippen LogP) is 3.67. The van der Waals surface area contributed by atoms with E-state index in [9.17, 15) is 14.0 Å². The zero-order valence-corrected chi connectivity index (χ0v) is 14.4. The van der Waals surface area contributed by atoms with E-state index >= 15 is 0 Å². The van der Waals surface area contributed by atoms with Crippen LogP contribution < -0.4 is 0 Å². The summed E-state index contributed by atoms with van der Waals surface area (Å²) in [7, 11) is 0. The predicted molar refractivity (Wildman–Crippen MR) is 94.1 cm³/mol. The Morgan fingerprint density at radius 1 is 1.08 bits per heavy atom. The molecule has 3 rings (SSSR count). The van der Waals surface area contributed by atoms with Gasteiger partial charge in [0, 0.05) is 5.69 Å². The van der Waals surface area contributed by atoms with Crippen LogP contribution in [0.5, 0.6) is 0 Å². The van der Waals surface area contributed by atoms with Crippen LogP contribution in [0.2, 0.25) is 0 Å². The van der Waals surface area contributed by atoms with Gasteiger partial charge in [-0.3, -0.25) is 4.79 Å². The Balaban J connectivity index is 1.66. The number of hydrogen-bond acceptors (Lipinski definition) is 4. The van der Waals surface area contributed by atoms with E-state index in [0.717, 1.165) is 17.1 Å². The first-order chi connectivity index (χ1) is 12.5. The average Bonchev–Trinajstić information content (AvgIpc) is 2.98. The Hall–Kier alpha value is -3.28. The summed E-state index contributed by atoms with van der Waals surface area (Å²) in [4.78, 5) is 24.0. The third-order valence-electron chi connectivity index (χ3n) is 3.87. The molecule has 0 saturated carbocycles. The van der Waals surface area contributed by atoms with Gasteiger partial charge >= 0.3 is 5.97 Å². The number of halogens is 1. The molecule has 0 atom stereocenters. The van der Waals surface area contributed by atoms with Crippen molar-refractivity contribution < 1.29 is 18.7 Å². The first-order valence-corrected chi connectivity index (χ1v) is 8.04. The Morgan fingerprint density at radius 3 is 2.38 bits per heavy atom. The van der Waals surface area contributed by atoms with Crippen molar-refractivity contribution in [1.82, 2.24) is 9.78 Å². The maximum Gasteiger partial charge on any atom is 0.338 e. The first-order valence-electron chi connectivity index (χ1n) is 8.04. The smallest absolute Gasteiger partial charge is 0.338 e. The number of aromatic nitrogens is 2. The summed E-state index contributed by atoms with van der Waals surface area (Å²) >= 11 is 0. The lowest BCUT2D eigenvalue weighted by Gasteiger charge is -2.07. The summed E-state index contributed by atoms with van der Waals surface area (Å²) < 4.78 is 20.3. The van der Waals surface area contributed by atoms with Crippen LogP contribution in [-0.4, -0.2) is 28.1 Å². The highest BCUT2D eigenvalue weighted by Gasteiger charge is 2.15. The lowest BCUT2D eigenvalue weighted by Crippen LogP contribution is -2.15. The molecule has 5 nitrogen and oxygen atoms in total. The molecule has 0 aliphatic rings. The van der Waals surface area contributed by atoms with Crippen molar-refractivity contribution in [3.05, 3.63) is 82.9 Å². The van der Waals surface area contributed by atoms with Crippen LogP contribution in [-0.2, 0) is 4.74 Å². The number of ketones is 1. The molecule has 0 N–H and O–H groups in total. The summed E-state index contributed by atoms with van der Waals surface area (Å²) in [6.07, 6.45) is 0. The van der Waals surface area contributed by atoms with Gasteiger partial charge in [-0.2, -0.15) is 5.10 Å². The molecule has 0 aliphatic heterocycles. The number of esters is 1. The van der Waals surface area contributed by atoms with Gasteiger partial charge in [0.25, 0.3) is 0 Å². The molecule has 132 valence electrons. The third kappa shape index (κ3) is 3.69. The lowest BCUT2D eigenvalue weighted by atomic mass is 10.1. The molecule has 1 heterocycles. The lowest BCUT2D eigenvalue weighted by molar-refractivity contribution is 0.0473. The van der Waals surface area contributed by atoms with Gasteiger partial charge in [-0.05, 0) is 56.3 Å². The van der Waals surface area contributed by atoms with Crippen molar-refractivity contribution in [2.24, 2.45) is 0 Å². The van der Waals surface area contributed by atoms with E-state index < -0.39 is 24.2 Å². The zero-order valence-electron chi connectivity index (χ0n) is 14.4. The number of carbonyl (C=O) groups excluding carboxylic acids is 2. The first kappa shape index (κ1) is 17.5. The molecule has 0 amide bonds. The molecule has 0 saturated heterocycles. The van der Waals surface area contributed by atoms with Crippen LogP contribution in [0.4, 0.5) is 4.39 Å². The molecular formula is C20H17FN2O3. The van der Waals surface area contributed by atoms with Crippen LogP contribution in [0.15, 0.2) is 54.6 Å². The second-order valence-corrected chi connectivity index (χ2v) is 5.86. The maximum atomic E-state index is 13.6. The fourth-order valence-corrected chi connectivity index (χ4v) is 2.61. The average molecular weight is 352 g/mol. The number of rotatable bonds is 5. The minimum absolute atomic E-state index is 0.0971. The molecule has 2 aromatic carbocycles. The highest BCUT2D eigenvalue weighted by molar-refractivity contribution is 5.99. The topological polar surface area (TPSA) is 61.2 Å². The van der Waals surface area contributed by atoms with Crippen molar-refractivity contribution >= 4 is 11.8 Å². The molecule has 0 radical (unpaired) electrons. The van der Waals surface area contributed by atoms with E-state index in [0.29, 0.717) is 5.56 Å². The maximum absolute atomic E-state index is 13.6. The van der Waals surface area contributed by atoms with Gasteiger partial charge in [-0.25, -0.2) is 13.9 Å². The molecule has 0 aliphatic carbocycles. The number of benzene rings is 2. The largest absolute Gasteiger partial charge is 0.454 e. The third-order valence-corrected chi connectivity index (χ3v) is 3.87.